The van der Waals surface area contributed by atoms with Gasteiger partial charge in [-0.25, -0.2) is 4.79 Å². The Morgan fingerprint density at radius 3 is 2.90 bits per heavy atom. The minimum atomic E-state index is 0.0721. The first-order valence-corrected chi connectivity index (χ1v) is 7.94. The van der Waals surface area contributed by atoms with Gasteiger partial charge in [-0.2, -0.15) is 5.10 Å². The summed E-state index contributed by atoms with van der Waals surface area (Å²) in [5.41, 5.74) is 1.23. The number of carbonyl (C=O) groups excluding carboxylic acids is 1. The Bertz CT molecular complexity index is 492. The van der Waals surface area contributed by atoms with Gasteiger partial charge in [-0.15, -0.1) is 0 Å². The largest absolute Gasteiger partial charge is 0.336 e. The van der Waals surface area contributed by atoms with Crippen molar-refractivity contribution < 1.29 is 4.79 Å². The van der Waals surface area contributed by atoms with Crippen LogP contribution < -0.4 is 5.32 Å². The van der Waals surface area contributed by atoms with Gasteiger partial charge in [0.1, 0.15) is 0 Å². The van der Waals surface area contributed by atoms with Gasteiger partial charge in [0.05, 0.1) is 11.7 Å². The molecule has 0 unspecified atom stereocenters. The summed E-state index contributed by atoms with van der Waals surface area (Å²) in [5, 5.41) is 7.52. The van der Waals surface area contributed by atoms with Crippen molar-refractivity contribution in [3.8, 4) is 0 Å². The van der Waals surface area contributed by atoms with Crippen molar-refractivity contribution in [1.82, 2.24) is 24.9 Å². The van der Waals surface area contributed by atoms with Gasteiger partial charge in [0, 0.05) is 45.0 Å². The number of likely N-dealkylation sites (tertiary alicyclic amines) is 1. The van der Waals surface area contributed by atoms with Crippen LogP contribution >= 0.6 is 0 Å². The highest BCUT2D eigenvalue weighted by atomic mass is 16.2. The summed E-state index contributed by atoms with van der Waals surface area (Å²) in [6, 6.07) is 2.87. The third-order valence-corrected chi connectivity index (χ3v) is 4.52. The van der Waals surface area contributed by atoms with Crippen molar-refractivity contribution in [3.05, 3.63) is 18.0 Å². The van der Waals surface area contributed by atoms with Crippen molar-refractivity contribution >= 4 is 6.03 Å². The van der Waals surface area contributed by atoms with Crippen LogP contribution in [0.25, 0.3) is 0 Å². The molecule has 0 saturated carbocycles. The van der Waals surface area contributed by atoms with E-state index in [1.807, 2.05) is 11.1 Å². The predicted octanol–water partition coefficient (Wildman–Crippen LogP) is 1.45. The maximum Gasteiger partial charge on any atom is 0.317 e. The van der Waals surface area contributed by atoms with Crippen LogP contribution in [0.15, 0.2) is 12.3 Å². The van der Waals surface area contributed by atoms with E-state index in [0.29, 0.717) is 12.6 Å². The fourth-order valence-corrected chi connectivity index (χ4v) is 3.20. The summed E-state index contributed by atoms with van der Waals surface area (Å²) in [4.78, 5) is 16.5. The van der Waals surface area contributed by atoms with Crippen LogP contribution in [0.3, 0.4) is 0 Å². The summed E-state index contributed by atoms with van der Waals surface area (Å²) >= 11 is 0. The van der Waals surface area contributed by atoms with Gasteiger partial charge in [-0.05, 0) is 32.8 Å². The Labute approximate surface area is 126 Å². The number of amides is 2. The molecule has 2 aliphatic rings. The van der Waals surface area contributed by atoms with Gasteiger partial charge >= 0.3 is 6.03 Å². The standard InChI is InChI=1S/C15H25N5O/c1-12(2)19-10-13-5-6-17-20(13)14(11-19)9-16-15(21)18-7-3-4-8-18/h5-6,12,14H,3-4,7-11H2,1-2H3,(H,16,21)/t14-/m0/s1. The average Bonchev–Trinajstić information content (AvgIpc) is 3.14. The van der Waals surface area contributed by atoms with Crippen LogP contribution in [0.5, 0.6) is 0 Å². The van der Waals surface area contributed by atoms with E-state index in [4.69, 9.17) is 0 Å². The number of aromatic nitrogens is 2. The fraction of sp³-hybridized carbons (Fsp3) is 0.733. The van der Waals surface area contributed by atoms with E-state index < -0.39 is 0 Å². The molecular weight excluding hydrogens is 266 g/mol. The number of hydrogen-bond donors (Lipinski definition) is 1. The molecule has 0 aromatic carbocycles. The summed E-state index contributed by atoms with van der Waals surface area (Å²) in [6.45, 7) is 8.73. The van der Waals surface area contributed by atoms with E-state index >= 15 is 0 Å². The average molecular weight is 291 g/mol. The number of hydrogen-bond acceptors (Lipinski definition) is 3. The molecular formula is C15H25N5O. The van der Waals surface area contributed by atoms with Gasteiger partial charge in [-0.3, -0.25) is 9.58 Å². The second kappa shape index (κ2) is 6.05. The second-order valence-corrected chi connectivity index (χ2v) is 6.32. The van der Waals surface area contributed by atoms with E-state index in [2.05, 4.69) is 39.9 Å². The molecule has 21 heavy (non-hydrogen) atoms. The topological polar surface area (TPSA) is 53.4 Å². The minimum absolute atomic E-state index is 0.0721. The Morgan fingerprint density at radius 2 is 2.19 bits per heavy atom. The van der Waals surface area contributed by atoms with E-state index in [1.165, 1.54) is 5.69 Å². The third kappa shape index (κ3) is 3.05. The SMILES string of the molecule is CC(C)N1Cc2ccnn2[C@@H](CNC(=O)N2CCCC2)C1. The summed E-state index contributed by atoms with van der Waals surface area (Å²) in [7, 11) is 0. The summed E-state index contributed by atoms with van der Waals surface area (Å²) < 4.78 is 2.07. The zero-order chi connectivity index (χ0) is 14.8. The zero-order valence-corrected chi connectivity index (χ0v) is 13.0. The molecule has 1 N–H and O–H groups in total. The molecule has 3 heterocycles. The minimum Gasteiger partial charge on any atom is -0.336 e. The van der Waals surface area contributed by atoms with Crippen LogP contribution in [0.1, 0.15) is 38.4 Å². The molecule has 1 aromatic rings. The predicted molar refractivity (Wildman–Crippen MR) is 81.0 cm³/mol. The third-order valence-electron chi connectivity index (χ3n) is 4.52. The highest BCUT2D eigenvalue weighted by Gasteiger charge is 2.28. The first-order chi connectivity index (χ1) is 10.1. The monoisotopic (exact) mass is 291 g/mol. The number of fused-ring (bicyclic) bond motifs is 1. The van der Waals surface area contributed by atoms with Gasteiger partial charge in [0.15, 0.2) is 0 Å². The van der Waals surface area contributed by atoms with Crippen LogP contribution in [-0.4, -0.2) is 57.8 Å². The smallest absolute Gasteiger partial charge is 0.317 e. The fourth-order valence-electron chi connectivity index (χ4n) is 3.20. The van der Waals surface area contributed by atoms with E-state index in [9.17, 15) is 4.79 Å². The number of carbonyl (C=O) groups is 1. The summed E-state index contributed by atoms with van der Waals surface area (Å²) in [6.07, 6.45) is 4.11. The number of nitrogens with zero attached hydrogens (tertiary/aromatic N) is 4. The first kappa shape index (κ1) is 14.4. The Balaban J connectivity index is 1.63. The van der Waals surface area contributed by atoms with Gasteiger partial charge in [0.2, 0.25) is 0 Å². The molecule has 0 radical (unpaired) electrons. The van der Waals surface area contributed by atoms with Crippen LogP contribution in [0.4, 0.5) is 4.79 Å². The van der Waals surface area contributed by atoms with Crippen LogP contribution in [-0.2, 0) is 6.54 Å². The van der Waals surface area contributed by atoms with Crippen LogP contribution in [0.2, 0.25) is 0 Å². The molecule has 2 amide bonds. The van der Waals surface area contributed by atoms with Gasteiger partial charge < -0.3 is 10.2 Å². The Kier molecular flexibility index (Phi) is 4.14. The van der Waals surface area contributed by atoms with Crippen LogP contribution in [0, 0.1) is 0 Å². The summed E-state index contributed by atoms with van der Waals surface area (Å²) in [5.74, 6) is 0. The lowest BCUT2D eigenvalue weighted by Crippen LogP contribution is -2.47. The lowest BCUT2D eigenvalue weighted by Gasteiger charge is -2.36. The molecule has 6 heteroatoms. The molecule has 6 nitrogen and oxygen atoms in total. The normalized spacial score (nSPS) is 22.6. The Morgan fingerprint density at radius 1 is 1.43 bits per heavy atom. The molecule has 2 aliphatic heterocycles. The van der Waals surface area contributed by atoms with Crippen molar-refractivity contribution in [2.45, 2.75) is 45.3 Å². The van der Waals surface area contributed by atoms with Gasteiger partial charge in [0.25, 0.3) is 0 Å². The lowest BCUT2D eigenvalue weighted by atomic mass is 10.1. The molecule has 1 fully saturated rings. The molecule has 3 rings (SSSR count). The van der Waals surface area contributed by atoms with Crippen molar-refractivity contribution in [2.24, 2.45) is 0 Å². The van der Waals surface area contributed by atoms with Crippen molar-refractivity contribution in [2.75, 3.05) is 26.2 Å². The lowest BCUT2D eigenvalue weighted by molar-refractivity contribution is 0.136. The number of nitrogens with one attached hydrogen (secondary N) is 1. The van der Waals surface area contributed by atoms with E-state index in [0.717, 1.165) is 39.0 Å². The van der Waals surface area contributed by atoms with E-state index in [-0.39, 0.29) is 12.1 Å². The molecule has 1 atom stereocenters. The first-order valence-electron chi connectivity index (χ1n) is 7.94. The highest BCUT2D eigenvalue weighted by Crippen LogP contribution is 2.21. The number of urea groups is 1. The van der Waals surface area contributed by atoms with Crippen molar-refractivity contribution in [1.29, 1.82) is 0 Å². The molecule has 0 spiro atoms. The quantitative estimate of drug-likeness (QED) is 0.917. The molecule has 1 aromatic heterocycles. The van der Waals surface area contributed by atoms with Crippen molar-refractivity contribution in [3.63, 3.8) is 0 Å². The van der Waals surface area contributed by atoms with Gasteiger partial charge in [-0.1, -0.05) is 0 Å². The molecule has 116 valence electrons. The zero-order valence-electron chi connectivity index (χ0n) is 13.0. The molecule has 0 bridgehead atoms. The Hall–Kier alpha value is -1.56. The highest BCUT2D eigenvalue weighted by molar-refractivity contribution is 5.74. The van der Waals surface area contributed by atoms with E-state index in [1.54, 1.807) is 0 Å². The number of rotatable bonds is 3. The second-order valence-electron chi connectivity index (χ2n) is 6.32. The maximum absolute atomic E-state index is 12.1. The maximum atomic E-state index is 12.1. The molecule has 1 saturated heterocycles. The molecule has 0 aliphatic carbocycles.